The summed E-state index contributed by atoms with van der Waals surface area (Å²) in [4.78, 5) is 2.52. The summed E-state index contributed by atoms with van der Waals surface area (Å²) in [6, 6.07) is 61.4. The molecule has 0 aliphatic heterocycles. The second-order valence-electron chi connectivity index (χ2n) is 16.1. The van der Waals surface area contributed by atoms with Gasteiger partial charge >= 0.3 is 0 Å². The molecular formula is C52H39NS. The molecule has 54 heavy (non-hydrogen) atoms. The van der Waals surface area contributed by atoms with E-state index in [1.165, 1.54) is 98.0 Å². The minimum atomic E-state index is -0.108. The minimum Gasteiger partial charge on any atom is -0.309 e. The fraction of sp³-hybridized carbons (Fsp3) is 0.115. The van der Waals surface area contributed by atoms with Crippen molar-refractivity contribution in [1.82, 2.24) is 0 Å². The first-order valence-electron chi connectivity index (χ1n) is 19.0. The molecule has 0 unspecified atom stereocenters. The fourth-order valence-corrected chi connectivity index (χ4v) is 11.1. The van der Waals surface area contributed by atoms with Crippen LogP contribution in [0.3, 0.4) is 0 Å². The third-order valence-corrected chi connectivity index (χ3v) is 13.7. The van der Waals surface area contributed by atoms with Crippen molar-refractivity contribution in [1.29, 1.82) is 0 Å². The van der Waals surface area contributed by atoms with Crippen molar-refractivity contribution in [3.63, 3.8) is 0 Å². The third-order valence-electron chi connectivity index (χ3n) is 12.5. The number of fused-ring (bicyclic) bond motifs is 11. The van der Waals surface area contributed by atoms with E-state index in [4.69, 9.17) is 0 Å². The molecule has 0 saturated heterocycles. The van der Waals surface area contributed by atoms with Gasteiger partial charge in [-0.2, -0.15) is 0 Å². The van der Waals surface area contributed by atoms with Gasteiger partial charge in [0.1, 0.15) is 0 Å². The van der Waals surface area contributed by atoms with Crippen molar-refractivity contribution in [2.24, 2.45) is 0 Å². The zero-order valence-corrected chi connectivity index (χ0v) is 31.8. The van der Waals surface area contributed by atoms with Gasteiger partial charge in [0.25, 0.3) is 0 Å². The second-order valence-corrected chi connectivity index (χ2v) is 17.1. The van der Waals surface area contributed by atoms with E-state index in [1.54, 1.807) is 0 Å². The summed E-state index contributed by atoms with van der Waals surface area (Å²) in [5.41, 5.74) is 16.8. The third kappa shape index (κ3) is 4.32. The molecule has 9 aromatic rings. The quantitative estimate of drug-likeness (QED) is 0.176. The van der Waals surface area contributed by atoms with E-state index in [2.05, 4.69) is 196 Å². The van der Waals surface area contributed by atoms with Crippen LogP contribution in [0.5, 0.6) is 0 Å². The van der Waals surface area contributed by atoms with Crippen LogP contribution < -0.4 is 4.90 Å². The van der Waals surface area contributed by atoms with Crippen LogP contribution in [0.1, 0.15) is 49.9 Å². The molecule has 0 bridgehead atoms. The molecule has 0 fully saturated rings. The monoisotopic (exact) mass is 709 g/mol. The van der Waals surface area contributed by atoms with E-state index >= 15 is 0 Å². The molecular weight excluding hydrogens is 671 g/mol. The van der Waals surface area contributed by atoms with Crippen molar-refractivity contribution in [2.45, 2.75) is 38.5 Å². The Balaban J connectivity index is 1.16. The van der Waals surface area contributed by atoms with Gasteiger partial charge in [-0.15, -0.1) is 11.3 Å². The van der Waals surface area contributed by atoms with E-state index < -0.39 is 0 Å². The number of hydrogen-bond donors (Lipinski definition) is 0. The molecule has 11 rings (SSSR count). The van der Waals surface area contributed by atoms with Gasteiger partial charge in [-0.3, -0.25) is 0 Å². The van der Waals surface area contributed by atoms with Crippen LogP contribution >= 0.6 is 11.3 Å². The summed E-state index contributed by atoms with van der Waals surface area (Å²) >= 11 is 1.92. The van der Waals surface area contributed by atoms with Gasteiger partial charge in [0.15, 0.2) is 0 Å². The van der Waals surface area contributed by atoms with E-state index in [0.29, 0.717) is 0 Å². The molecule has 2 aliphatic rings. The Labute approximate surface area is 320 Å². The molecule has 258 valence electrons. The lowest BCUT2D eigenvalue weighted by Crippen LogP contribution is -2.16. The molecule has 0 atom stereocenters. The summed E-state index contributed by atoms with van der Waals surface area (Å²) in [6.45, 7) is 9.48. The summed E-state index contributed by atoms with van der Waals surface area (Å²) in [5.74, 6) is 0. The normalized spacial score (nSPS) is 14.6. The van der Waals surface area contributed by atoms with Crippen LogP contribution in [0.15, 0.2) is 164 Å². The van der Waals surface area contributed by atoms with Crippen molar-refractivity contribution in [2.75, 3.05) is 4.90 Å². The Bertz CT molecular complexity index is 3010. The molecule has 2 heteroatoms. The molecule has 0 spiro atoms. The fourth-order valence-electron chi connectivity index (χ4n) is 9.75. The van der Waals surface area contributed by atoms with Gasteiger partial charge in [-0.1, -0.05) is 161 Å². The lowest BCUT2D eigenvalue weighted by Gasteiger charge is -2.29. The molecule has 1 heterocycles. The predicted octanol–water partition coefficient (Wildman–Crippen LogP) is 15.0. The molecule has 0 radical (unpaired) electrons. The SMILES string of the molecule is CC1(C)c2ccccc2-c2ccc(N(c3cccc(-c4cccc5c4-c4ccccc4C5(C)C)c3)c3cccc4c3sc3c5ccccc5ccc43)cc21. The van der Waals surface area contributed by atoms with Gasteiger partial charge in [0.2, 0.25) is 0 Å². The van der Waals surface area contributed by atoms with E-state index in [0.717, 1.165) is 5.69 Å². The van der Waals surface area contributed by atoms with Crippen LogP contribution in [0.4, 0.5) is 17.1 Å². The lowest BCUT2D eigenvalue weighted by atomic mass is 9.82. The first-order chi connectivity index (χ1) is 26.3. The standard InChI is InChI=1S/C52H39NS/c1-51(2)44-23-10-8-19-42(44)48-36(20-12-24-45(48)51)33-15-11-16-34(30-33)53(35-27-29-39-38-18-7-9-22-43(38)52(3,4)46(39)31-35)47-25-13-21-40-41-28-26-32-14-5-6-17-37(32)49(41)54-50(40)47/h5-31H,1-4H3. The highest BCUT2D eigenvalue weighted by molar-refractivity contribution is 7.27. The Hall–Kier alpha value is -5.96. The Morgan fingerprint density at radius 1 is 0.407 bits per heavy atom. The van der Waals surface area contributed by atoms with Crippen molar-refractivity contribution in [3.05, 3.63) is 186 Å². The van der Waals surface area contributed by atoms with Gasteiger partial charge in [0.05, 0.1) is 10.4 Å². The van der Waals surface area contributed by atoms with Gasteiger partial charge in [-0.05, 0) is 96.7 Å². The Morgan fingerprint density at radius 2 is 1.02 bits per heavy atom. The molecule has 8 aromatic carbocycles. The van der Waals surface area contributed by atoms with Crippen LogP contribution in [0.2, 0.25) is 0 Å². The molecule has 1 aromatic heterocycles. The van der Waals surface area contributed by atoms with Crippen LogP contribution in [-0.4, -0.2) is 0 Å². The highest BCUT2D eigenvalue weighted by Gasteiger charge is 2.37. The van der Waals surface area contributed by atoms with E-state index in [-0.39, 0.29) is 10.8 Å². The number of anilines is 3. The number of thiophene rings is 1. The topological polar surface area (TPSA) is 3.24 Å². The maximum atomic E-state index is 2.52. The minimum absolute atomic E-state index is 0.0542. The predicted molar refractivity (Wildman–Crippen MR) is 232 cm³/mol. The van der Waals surface area contributed by atoms with Crippen LogP contribution in [-0.2, 0) is 10.8 Å². The summed E-state index contributed by atoms with van der Waals surface area (Å²) in [7, 11) is 0. The van der Waals surface area contributed by atoms with Crippen LogP contribution in [0, 0.1) is 0 Å². The second kappa shape index (κ2) is 11.3. The number of nitrogens with zero attached hydrogens (tertiary/aromatic N) is 1. The molecule has 2 aliphatic carbocycles. The molecule has 0 N–H and O–H groups in total. The summed E-state index contributed by atoms with van der Waals surface area (Å²) in [5, 5.41) is 5.21. The average molecular weight is 710 g/mol. The number of rotatable bonds is 4. The first-order valence-corrected chi connectivity index (χ1v) is 19.8. The number of benzene rings is 8. The maximum absolute atomic E-state index is 2.52. The summed E-state index contributed by atoms with van der Waals surface area (Å²) in [6.07, 6.45) is 0. The molecule has 0 amide bonds. The van der Waals surface area contributed by atoms with Gasteiger partial charge in [-0.25, -0.2) is 0 Å². The molecule has 1 nitrogen and oxygen atoms in total. The lowest BCUT2D eigenvalue weighted by molar-refractivity contribution is 0.660. The zero-order chi connectivity index (χ0) is 36.3. The average Bonchev–Trinajstić information content (AvgIpc) is 3.79. The van der Waals surface area contributed by atoms with Crippen molar-refractivity contribution >= 4 is 59.3 Å². The largest absolute Gasteiger partial charge is 0.309 e. The smallest absolute Gasteiger partial charge is 0.0640 e. The highest BCUT2D eigenvalue weighted by Crippen LogP contribution is 2.54. The van der Waals surface area contributed by atoms with Crippen LogP contribution in [0.25, 0.3) is 64.3 Å². The Kier molecular flexibility index (Phi) is 6.59. The Morgan fingerprint density at radius 3 is 1.89 bits per heavy atom. The zero-order valence-electron chi connectivity index (χ0n) is 30.9. The van der Waals surface area contributed by atoms with Crippen molar-refractivity contribution in [3.8, 4) is 33.4 Å². The first kappa shape index (κ1) is 31.6. The number of hydrogen-bond acceptors (Lipinski definition) is 2. The highest BCUT2D eigenvalue weighted by atomic mass is 32.1. The van der Waals surface area contributed by atoms with Gasteiger partial charge < -0.3 is 4.90 Å². The molecule has 0 saturated carbocycles. The maximum Gasteiger partial charge on any atom is 0.0640 e. The van der Waals surface area contributed by atoms with Gasteiger partial charge in [0, 0.05) is 37.7 Å². The van der Waals surface area contributed by atoms with Crippen molar-refractivity contribution < 1.29 is 0 Å². The van der Waals surface area contributed by atoms with E-state index in [9.17, 15) is 0 Å². The summed E-state index contributed by atoms with van der Waals surface area (Å²) < 4.78 is 2.64. The van der Waals surface area contributed by atoms with E-state index in [1.807, 2.05) is 11.3 Å².